The second-order valence-electron chi connectivity index (χ2n) is 3.92. The first kappa shape index (κ1) is 12.2. The molecule has 1 aromatic rings. The van der Waals surface area contributed by atoms with E-state index in [4.69, 9.17) is 0 Å². The first-order valence-electron chi connectivity index (χ1n) is 4.99. The van der Waals surface area contributed by atoms with Gasteiger partial charge in [-0.25, -0.2) is 0 Å². The average molecular weight is 270 g/mol. The number of hydrogen-bond acceptors (Lipinski definition) is 1. The Labute approximate surface area is 99.4 Å². The molecule has 0 spiro atoms. The summed E-state index contributed by atoms with van der Waals surface area (Å²) in [6.07, 6.45) is 0. The van der Waals surface area contributed by atoms with Crippen LogP contribution in [0.1, 0.15) is 26.3 Å². The molecule has 0 N–H and O–H groups in total. The van der Waals surface area contributed by atoms with Gasteiger partial charge in [-0.3, -0.25) is 4.79 Å². The minimum Gasteiger partial charge on any atom is -0.310 e. The van der Waals surface area contributed by atoms with E-state index < -0.39 is 0 Å². The zero-order chi connectivity index (χ0) is 11.6. The number of anilines is 1. The molecule has 0 aliphatic heterocycles. The zero-order valence-electron chi connectivity index (χ0n) is 9.54. The summed E-state index contributed by atoms with van der Waals surface area (Å²) in [6, 6.07) is 6.13. The standard InChI is InChI=1S/C12H16BrNO/c1-8(2)14(10(4)15)11-5-6-12(13)9(3)7-11/h5-8H,1-4H3. The van der Waals surface area contributed by atoms with Gasteiger partial charge in [-0.05, 0) is 44.5 Å². The minimum absolute atomic E-state index is 0.0757. The van der Waals surface area contributed by atoms with E-state index in [1.165, 1.54) is 0 Å². The molecule has 0 radical (unpaired) electrons. The highest BCUT2D eigenvalue weighted by molar-refractivity contribution is 9.10. The van der Waals surface area contributed by atoms with Crippen LogP contribution in [0.25, 0.3) is 0 Å². The largest absolute Gasteiger partial charge is 0.310 e. The van der Waals surface area contributed by atoms with Crippen molar-refractivity contribution in [3.05, 3.63) is 28.2 Å². The van der Waals surface area contributed by atoms with Gasteiger partial charge in [-0.1, -0.05) is 15.9 Å². The van der Waals surface area contributed by atoms with Crippen LogP contribution >= 0.6 is 15.9 Å². The monoisotopic (exact) mass is 269 g/mol. The fourth-order valence-corrected chi connectivity index (χ4v) is 1.87. The quantitative estimate of drug-likeness (QED) is 0.805. The summed E-state index contributed by atoms with van der Waals surface area (Å²) in [7, 11) is 0. The summed E-state index contributed by atoms with van der Waals surface area (Å²) in [5, 5.41) is 0. The van der Waals surface area contributed by atoms with E-state index in [0.717, 1.165) is 15.7 Å². The van der Waals surface area contributed by atoms with E-state index in [0.29, 0.717) is 0 Å². The number of rotatable bonds is 2. The van der Waals surface area contributed by atoms with Gasteiger partial charge in [0, 0.05) is 23.1 Å². The fraction of sp³-hybridized carbons (Fsp3) is 0.417. The fourth-order valence-electron chi connectivity index (χ4n) is 1.62. The Balaban J connectivity index is 3.12. The Bertz CT molecular complexity index is 374. The molecule has 0 saturated carbocycles. The van der Waals surface area contributed by atoms with Crippen molar-refractivity contribution >= 4 is 27.5 Å². The first-order valence-corrected chi connectivity index (χ1v) is 5.78. The van der Waals surface area contributed by atoms with Crippen LogP contribution in [-0.4, -0.2) is 11.9 Å². The number of carbonyl (C=O) groups is 1. The third-order valence-corrected chi connectivity index (χ3v) is 3.17. The second kappa shape index (κ2) is 4.79. The summed E-state index contributed by atoms with van der Waals surface area (Å²) in [6.45, 7) is 7.64. The highest BCUT2D eigenvalue weighted by atomic mass is 79.9. The average Bonchev–Trinajstić information content (AvgIpc) is 2.10. The summed E-state index contributed by atoms with van der Waals surface area (Å²) in [5.74, 6) is 0.0757. The summed E-state index contributed by atoms with van der Waals surface area (Å²) >= 11 is 3.45. The van der Waals surface area contributed by atoms with Crippen molar-refractivity contribution in [1.82, 2.24) is 0 Å². The SMILES string of the molecule is CC(=O)N(c1ccc(Br)c(C)c1)C(C)C. The van der Waals surface area contributed by atoms with Gasteiger partial charge in [-0.15, -0.1) is 0 Å². The smallest absolute Gasteiger partial charge is 0.224 e. The van der Waals surface area contributed by atoms with Gasteiger partial charge in [0.1, 0.15) is 0 Å². The van der Waals surface area contributed by atoms with Crippen molar-refractivity contribution in [3.63, 3.8) is 0 Å². The molecule has 0 bridgehead atoms. The lowest BCUT2D eigenvalue weighted by Crippen LogP contribution is -2.35. The van der Waals surface area contributed by atoms with Crippen molar-refractivity contribution in [2.75, 3.05) is 4.90 Å². The molecule has 3 heteroatoms. The number of carbonyl (C=O) groups excluding carboxylic acids is 1. The molecule has 0 aliphatic carbocycles. The molecule has 82 valence electrons. The first-order chi connectivity index (χ1) is 6.93. The predicted octanol–water partition coefficient (Wildman–Crippen LogP) is 3.52. The number of amides is 1. The van der Waals surface area contributed by atoms with Gasteiger partial charge in [0.05, 0.1) is 0 Å². The number of halogens is 1. The number of hydrogen-bond donors (Lipinski definition) is 0. The lowest BCUT2D eigenvalue weighted by molar-refractivity contribution is -0.116. The minimum atomic E-state index is 0.0757. The van der Waals surface area contributed by atoms with Gasteiger partial charge >= 0.3 is 0 Å². The summed E-state index contributed by atoms with van der Waals surface area (Å²) < 4.78 is 1.07. The predicted molar refractivity (Wildman–Crippen MR) is 67.2 cm³/mol. The van der Waals surface area contributed by atoms with E-state index in [9.17, 15) is 4.79 Å². The molecule has 0 aliphatic rings. The van der Waals surface area contributed by atoms with E-state index in [1.54, 1.807) is 11.8 Å². The lowest BCUT2D eigenvalue weighted by Gasteiger charge is -2.25. The van der Waals surface area contributed by atoms with Gasteiger partial charge in [0.2, 0.25) is 5.91 Å². The van der Waals surface area contributed by atoms with Crippen LogP contribution in [0.5, 0.6) is 0 Å². The number of aryl methyl sites for hydroxylation is 1. The summed E-state index contributed by atoms with van der Waals surface area (Å²) in [4.78, 5) is 13.3. The van der Waals surface area contributed by atoms with Gasteiger partial charge in [0.25, 0.3) is 0 Å². The molecular formula is C12H16BrNO. The van der Waals surface area contributed by atoms with Gasteiger partial charge in [0.15, 0.2) is 0 Å². The van der Waals surface area contributed by atoms with Crippen molar-refractivity contribution in [2.24, 2.45) is 0 Å². The van der Waals surface area contributed by atoms with Gasteiger partial charge < -0.3 is 4.90 Å². The Hall–Kier alpha value is -0.830. The molecule has 1 aromatic carbocycles. The maximum Gasteiger partial charge on any atom is 0.224 e. The Morgan fingerprint density at radius 1 is 1.40 bits per heavy atom. The molecule has 15 heavy (non-hydrogen) atoms. The van der Waals surface area contributed by atoms with Crippen LogP contribution in [0.2, 0.25) is 0 Å². The molecule has 0 saturated heterocycles. The van der Waals surface area contributed by atoms with E-state index in [1.807, 2.05) is 39.0 Å². The van der Waals surface area contributed by atoms with Crippen LogP contribution < -0.4 is 4.90 Å². The highest BCUT2D eigenvalue weighted by Crippen LogP contribution is 2.24. The van der Waals surface area contributed by atoms with Crippen molar-refractivity contribution in [1.29, 1.82) is 0 Å². The topological polar surface area (TPSA) is 20.3 Å². The zero-order valence-corrected chi connectivity index (χ0v) is 11.1. The van der Waals surface area contributed by atoms with Crippen molar-refractivity contribution < 1.29 is 4.79 Å². The Morgan fingerprint density at radius 3 is 2.40 bits per heavy atom. The molecule has 0 atom stereocenters. The third-order valence-electron chi connectivity index (χ3n) is 2.28. The molecule has 0 fully saturated rings. The second-order valence-corrected chi connectivity index (χ2v) is 4.77. The maximum absolute atomic E-state index is 11.5. The molecule has 0 unspecified atom stereocenters. The number of nitrogens with zero attached hydrogens (tertiary/aromatic N) is 1. The maximum atomic E-state index is 11.5. The van der Waals surface area contributed by atoms with Crippen LogP contribution in [0.3, 0.4) is 0 Å². The molecule has 2 nitrogen and oxygen atoms in total. The normalized spacial score (nSPS) is 10.5. The molecule has 0 heterocycles. The lowest BCUT2D eigenvalue weighted by atomic mass is 10.2. The molecule has 0 aromatic heterocycles. The molecule has 1 rings (SSSR count). The van der Waals surface area contributed by atoms with Crippen LogP contribution in [0.4, 0.5) is 5.69 Å². The molecular weight excluding hydrogens is 254 g/mol. The Kier molecular flexibility index (Phi) is 3.91. The van der Waals surface area contributed by atoms with E-state index in [2.05, 4.69) is 15.9 Å². The van der Waals surface area contributed by atoms with Crippen LogP contribution in [-0.2, 0) is 4.79 Å². The summed E-state index contributed by atoms with van der Waals surface area (Å²) in [5.41, 5.74) is 2.10. The molecule has 1 amide bonds. The third kappa shape index (κ3) is 2.81. The highest BCUT2D eigenvalue weighted by Gasteiger charge is 2.15. The van der Waals surface area contributed by atoms with Crippen LogP contribution in [0, 0.1) is 6.92 Å². The van der Waals surface area contributed by atoms with Gasteiger partial charge in [-0.2, -0.15) is 0 Å². The number of benzene rings is 1. The van der Waals surface area contributed by atoms with E-state index in [-0.39, 0.29) is 11.9 Å². The van der Waals surface area contributed by atoms with Crippen molar-refractivity contribution in [2.45, 2.75) is 33.7 Å². The van der Waals surface area contributed by atoms with E-state index >= 15 is 0 Å². The van der Waals surface area contributed by atoms with Crippen molar-refractivity contribution in [3.8, 4) is 0 Å². The Morgan fingerprint density at radius 2 is 2.00 bits per heavy atom. The van der Waals surface area contributed by atoms with Crippen LogP contribution in [0.15, 0.2) is 22.7 Å².